The molecule has 0 fully saturated rings. The monoisotopic (exact) mass is 213 g/mol. The van der Waals surface area contributed by atoms with Crippen LogP contribution in [0, 0.1) is 0 Å². The van der Waals surface area contributed by atoms with E-state index in [1.165, 1.54) is 4.68 Å². The van der Waals surface area contributed by atoms with E-state index in [1.807, 2.05) is 20.8 Å². The number of nitrogens with zero attached hydrogens (tertiary/aromatic N) is 3. The molecule has 0 bridgehead atoms. The Morgan fingerprint density at radius 2 is 2.07 bits per heavy atom. The molecule has 15 heavy (non-hydrogen) atoms. The quantitative estimate of drug-likeness (QED) is 0.752. The number of carboxylic acid groups (broad SMARTS) is 1. The minimum Gasteiger partial charge on any atom is -0.476 e. The number of hydrogen-bond acceptors (Lipinski definition) is 4. The number of aromatic carboxylic acids is 1. The summed E-state index contributed by atoms with van der Waals surface area (Å²) < 4.78 is 1.43. The van der Waals surface area contributed by atoms with Crippen LogP contribution in [-0.2, 0) is 12.0 Å². The lowest BCUT2D eigenvalue weighted by Crippen LogP contribution is -2.22. The SMILES string of the molecule is CC(C)(C)c1c(C(=O)O)nnn1CCO. The highest BCUT2D eigenvalue weighted by molar-refractivity contribution is 5.86. The third-order valence-corrected chi connectivity index (χ3v) is 1.96. The second kappa shape index (κ2) is 3.98. The van der Waals surface area contributed by atoms with Gasteiger partial charge < -0.3 is 10.2 Å². The van der Waals surface area contributed by atoms with Crippen LogP contribution in [0.4, 0.5) is 0 Å². The van der Waals surface area contributed by atoms with Crippen molar-refractivity contribution in [3.63, 3.8) is 0 Å². The first-order valence-electron chi connectivity index (χ1n) is 4.66. The first kappa shape index (κ1) is 11.6. The molecule has 2 N–H and O–H groups in total. The molecule has 0 unspecified atom stereocenters. The predicted molar refractivity (Wildman–Crippen MR) is 52.8 cm³/mol. The molecule has 0 aliphatic carbocycles. The Balaban J connectivity index is 3.27. The largest absolute Gasteiger partial charge is 0.476 e. The van der Waals surface area contributed by atoms with Crippen molar-refractivity contribution in [3.8, 4) is 0 Å². The molecule has 1 heterocycles. The van der Waals surface area contributed by atoms with E-state index in [-0.39, 0.29) is 24.3 Å². The third kappa shape index (κ3) is 2.33. The van der Waals surface area contributed by atoms with E-state index >= 15 is 0 Å². The topological polar surface area (TPSA) is 88.2 Å². The van der Waals surface area contributed by atoms with Crippen LogP contribution >= 0.6 is 0 Å². The summed E-state index contributed by atoms with van der Waals surface area (Å²) >= 11 is 0. The van der Waals surface area contributed by atoms with Gasteiger partial charge in [-0.2, -0.15) is 0 Å². The van der Waals surface area contributed by atoms with Crippen LogP contribution in [0.15, 0.2) is 0 Å². The minimum atomic E-state index is -1.09. The number of carbonyl (C=O) groups is 1. The summed E-state index contributed by atoms with van der Waals surface area (Å²) in [6.45, 7) is 5.81. The summed E-state index contributed by atoms with van der Waals surface area (Å²) in [5.41, 5.74) is 0.117. The molecule has 0 amide bonds. The maximum Gasteiger partial charge on any atom is 0.358 e. The van der Waals surface area contributed by atoms with Gasteiger partial charge in [-0.1, -0.05) is 26.0 Å². The molecular formula is C9H15N3O3. The van der Waals surface area contributed by atoms with Crippen LogP contribution in [0.25, 0.3) is 0 Å². The lowest BCUT2D eigenvalue weighted by atomic mass is 9.90. The van der Waals surface area contributed by atoms with Gasteiger partial charge in [-0.05, 0) is 0 Å². The lowest BCUT2D eigenvalue weighted by Gasteiger charge is -2.19. The molecule has 0 saturated carbocycles. The Morgan fingerprint density at radius 1 is 1.47 bits per heavy atom. The molecule has 1 rings (SSSR count). The second-order valence-electron chi connectivity index (χ2n) is 4.29. The van der Waals surface area contributed by atoms with E-state index in [0.29, 0.717) is 5.69 Å². The molecule has 6 heteroatoms. The molecule has 0 spiro atoms. The smallest absolute Gasteiger partial charge is 0.358 e. The van der Waals surface area contributed by atoms with Gasteiger partial charge in [0.15, 0.2) is 5.69 Å². The Hall–Kier alpha value is -1.43. The first-order valence-corrected chi connectivity index (χ1v) is 4.66. The average molecular weight is 213 g/mol. The number of aliphatic hydroxyl groups excluding tert-OH is 1. The first-order chi connectivity index (χ1) is 6.88. The number of rotatable bonds is 3. The fraction of sp³-hybridized carbons (Fsp3) is 0.667. The van der Waals surface area contributed by atoms with E-state index < -0.39 is 5.97 Å². The normalized spacial score (nSPS) is 11.7. The minimum absolute atomic E-state index is 0.0454. The molecule has 6 nitrogen and oxygen atoms in total. The average Bonchev–Trinajstić information content (AvgIpc) is 2.47. The Bertz CT molecular complexity index is 365. The Morgan fingerprint density at radius 3 is 2.47 bits per heavy atom. The van der Waals surface area contributed by atoms with Crippen LogP contribution in [0.2, 0.25) is 0 Å². The predicted octanol–water partition coefficient (Wildman–Crippen LogP) is 0.266. The summed E-state index contributed by atoms with van der Waals surface area (Å²) in [6.07, 6.45) is 0. The van der Waals surface area contributed by atoms with Gasteiger partial charge in [0.1, 0.15) is 0 Å². The molecule has 1 aromatic rings. The van der Waals surface area contributed by atoms with Crippen LogP contribution in [-0.4, -0.2) is 37.8 Å². The van der Waals surface area contributed by atoms with Crippen molar-refractivity contribution in [2.24, 2.45) is 0 Å². The van der Waals surface area contributed by atoms with Crippen molar-refractivity contribution in [3.05, 3.63) is 11.4 Å². The van der Waals surface area contributed by atoms with Crippen molar-refractivity contribution < 1.29 is 15.0 Å². The maximum absolute atomic E-state index is 10.9. The summed E-state index contributed by atoms with van der Waals surface area (Å²) in [6, 6.07) is 0. The standard InChI is InChI=1S/C9H15N3O3/c1-9(2,3)7-6(8(14)15)10-11-12(7)4-5-13/h13H,4-5H2,1-3H3,(H,14,15). The Kier molecular flexibility index (Phi) is 3.09. The molecule has 0 aliphatic heterocycles. The van der Waals surface area contributed by atoms with Gasteiger partial charge in [0.2, 0.25) is 0 Å². The van der Waals surface area contributed by atoms with Gasteiger partial charge in [-0.3, -0.25) is 0 Å². The van der Waals surface area contributed by atoms with E-state index in [9.17, 15) is 4.79 Å². The number of hydrogen-bond donors (Lipinski definition) is 2. The van der Waals surface area contributed by atoms with Crippen molar-refractivity contribution >= 4 is 5.97 Å². The second-order valence-corrected chi connectivity index (χ2v) is 4.29. The van der Waals surface area contributed by atoms with E-state index in [2.05, 4.69) is 10.3 Å². The summed E-state index contributed by atoms with van der Waals surface area (Å²) in [5, 5.41) is 25.1. The number of aliphatic hydroxyl groups is 1. The van der Waals surface area contributed by atoms with Crippen molar-refractivity contribution in [1.29, 1.82) is 0 Å². The highest BCUT2D eigenvalue weighted by atomic mass is 16.4. The molecule has 84 valence electrons. The van der Waals surface area contributed by atoms with Crippen LogP contribution in [0.5, 0.6) is 0 Å². The third-order valence-electron chi connectivity index (χ3n) is 1.96. The molecule has 0 aromatic carbocycles. The highest BCUT2D eigenvalue weighted by Gasteiger charge is 2.28. The van der Waals surface area contributed by atoms with Gasteiger partial charge in [-0.15, -0.1) is 5.10 Å². The number of carboxylic acids is 1. The van der Waals surface area contributed by atoms with Gasteiger partial charge in [0, 0.05) is 5.41 Å². The van der Waals surface area contributed by atoms with E-state index in [1.54, 1.807) is 0 Å². The number of aromatic nitrogens is 3. The summed E-state index contributed by atoms with van der Waals surface area (Å²) in [4.78, 5) is 10.9. The molecule has 0 atom stereocenters. The van der Waals surface area contributed by atoms with Gasteiger partial charge in [0.25, 0.3) is 0 Å². The van der Waals surface area contributed by atoms with Crippen LogP contribution in [0.1, 0.15) is 37.0 Å². The zero-order valence-corrected chi connectivity index (χ0v) is 9.06. The van der Waals surface area contributed by atoms with Crippen molar-refractivity contribution in [2.45, 2.75) is 32.7 Å². The molecule has 0 saturated heterocycles. The maximum atomic E-state index is 10.9. The fourth-order valence-corrected chi connectivity index (χ4v) is 1.45. The van der Waals surface area contributed by atoms with Crippen LogP contribution < -0.4 is 0 Å². The van der Waals surface area contributed by atoms with E-state index in [0.717, 1.165) is 0 Å². The molecule has 0 aliphatic rings. The molecular weight excluding hydrogens is 198 g/mol. The molecule has 0 radical (unpaired) electrons. The summed E-state index contributed by atoms with van der Waals surface area (Å²) in [5.74, 6) is -1.09. The van der Waals surface area contributed by atoms with Crippen LogP contribution in [0.3, 0.4) is 0 Å². The Labute approximate surface area is 87.5 Å². The zero-order valence-electron chi connectivity index (χ0n) is 9.06. The summed E-state index contributed by atoms with van der Waals surface area (Å²) in [7, 11) is 0. The van der Waals surface area contributed by atoms with E-state index in [4.69, 9.17) is 10.2 Å². The lowest BCUT2D eigenvalue weighted by molar-refractivity contribution is 0.0687. The zero-order chi connectivity index (χ0) is 11.6. The van der Waals surface area contributed by atoms with Gasteiger partial charge in [0.05, 0.1) is 18.8 Å². The highest BCUT2D eigenvalue weighted by Crippen LogP contribution is 2.24. The molecule has 1 aromatic heterocycles. The van der Waals surface area contributed by atoms with Gasteiger partial charge in [-0.25, -0.2) is 9.48 Å². The fourth-order valence-electron chi connectivity index (χ4n) is 1.45. The van der Waals surface area contributed by atoms with Crippen molar-refractivity contribution in [2.75, 3.05) is 6.61 Å². The van der Waals surface area contributed by atoms with Gasteiger partial charge >= 0.3 is 5.97 Å². The van der Waals surface area contributed by atoms with Crippen molar-refractivity contribution in [1.82, 2.24) is 15.0 Å².